The third-order valence-corrected chi connectivity index (χ3v) is 4.72. The van der Waals surface area contributed by atoms with Crippen LogP contribution in [0.5, 0.6) is 0 Å². The van der Waals surface area contributed by atoms with Gasteiger partial charge in [0, 0.05) is 11.8 Å². The smallest absolute Gasteiger partial charge is 0.407 e. The van der Waals surface area contributed by atoms with E-state index in [1.807, 2.05) is 20.8 Å². The Labute approximate surface area is 111 Å². The van der Waals surface area contributed by atoms with Crippen molar-refractivity contribution in [1.82, 2.24) is 14.1 Å². The molecule has 1 aliphatic rings. The average molecular weight is 287 g/mol. The van der Waals surface area contributed by atoms with Crippen molar-refractivity contribution >= 4 is 16.1 Å². The molecule has 0 bridgehead atoms. The van der Waals surface area contributed by atoms with Crippen molar-refractivity contribution in [3.05, 3.63) is 17.5 Å². The first-order chi connectivity index (χ1) is 8.58. The molecule has 0 aromatic carbocycles. The minimum absolute atomic E-state index is 0.0107. The summed E-state index contributed by atoms with van der Waals surface area (Å²) < 4.78 is 25.3. The van der Waals surface area contributed by atoms with Crippen LogP contribution >= 0.6 is 0 Å². The van der Waals surface area contributed by atoms with Crippen LogP contribution in [0.1, 0.15) is 32.0 Å². The van der Waals surface area contributed by atoms with Gasteiger partial charge in [-0.15, -0.1) is 0 Å². The van der Waals surface area contributed by atoms with E-state index >= 15 is 0 Å². The van der Waals surface area contributed by atoms with Gasteiger partial charge in [0.05, 0.1) is 24.5 Å². The maximum absolute atomic E-state index is 12.1. The summed E-state index contributed by atoms with van der Waals surface area (Å²) in [6, 6.07) is 0. The molecule has 8 heteroatoms. The zero-order chi connectivity index (χ0) is 14.4. The summed E-state index contributed by atoms with van der Waals surface area (Å²) in [5, 5.41) is 12.9. The number of aromatic nitrogens is 2. The third-order valence-electron chi connectivity index (χ3n) is 2.73. The minimum atomic E-state index is -3.49. The quantitative estimate of drug-likeness (QED) is 0.879. The molecule has 1 amide bonds. The van der Waals surface area contributed by atoms with E-state index in [2.05, 4.69) is 5.10 Å². The lowest BCUT2D eigenvalue weighted by atomic mass is 10.0. The van der Waals surface area contributed by atoms with Crippen molar-refractivity contribution in [1.29, 1.82) is 0 Å². The van der Waals surface area contributed by atoms with Gasteiger partial charge in [-0.1, -0.05) is 20.8 Å². The van der Waals surface area contributed by atoms with E-state index in [1.54, 1.807) is 0 Å². The topological polar surface area (TPSA) is 92.5 Å². The summed E-state index contributed by atoms with van der Waals surface area (Å²) >= 11 is 0. The van der Waals surface area contributed by atoms with Crippen LogP contribution in [-0.4, -0.2) is 39.5 Å². The Morgan fingerprint density at radius 3 is 2.53 bits per heavy atom. The molecule has 1 aliphatic heterocycles. The van der Waals surface area contributed by atoms with E-state index < -0.39 is 16.1 Å². The molecule has 0 atom stereocenters. The molecule has 1 aromatic heterocycles. The Kier molecular flexibility index (Phi) is 3.08. The van der Waals surface area contributed by atoms with Crippen molar-refractivity contribution in [2.24, 2.45) is 5.41 Å². The molecular formula is C11H17N3O4S. The number of amides is 1. The Bertz CT molecular complexity index is 589. The molecule has 1 N–H and O–H groups in total. The van der Waals surface area contributed by atoms with Crippen LogP contribution in [-0.2, 0) is 23.1 Å². The second kappa shape index (κ2) is 4.22. The van der Waals surface area contributed by atoms with E-state index in [0.717, 1.165) is 4.09 Å². The highest BCUT2D eigenvalue weighted by Crippen LogP contribution is 2.23. The fraction of sp³-hybridized carbons (Fsp3) is 0.636. The number of fused-ring (bicyclic) bond motifs is 1. The summed E-state index contributed by atoms with van der Waals surface area (Å²) in [5.74, 6) is -0.0107. The zero-order valence-electron chi connectivity index (χ0n) is 11.1. The summed E-state index contributed by atoms with van der Waals surface area (Å²) in [4.78, 5) is 12.0. The van der Waals surface area contributed by atoms with Crippen molar-refractivity contribution in [3.8, 4) is 0 Å². The van der Waals surface area contributed by atoms with Gasteiger partial charge in [-0.3, -0.25) is 4.90 Å². The van der Waals surface area contributed by atoms with Crippen LogP contribution in [0.4, 0.5) is 4.79 Å². The molecule has 2 heterocycles. The number of hydrogen-bond acceptors (Lipinski definition) is 4. The molecule has 1 aromatic rings. The van der Waals surface area contributed by atoms with Gasteiger partial charge < -0.3 is 5.11 Å². The van der Waals surface area contributed by atoms with Gasteiger partial charge in [-0.2, -0.15) is 9.19 Å². The van der Waals surface area contributed by atoms with E-state index in [0.29, 0.717) is 11.3 Å². The number of carbonyl (C=O) groups is 1. The second-order valence-electron chi connectivity index (χ2n) is 5.93. The summed E-state index contributed by atoms with van der Waals surface area (Å²) in [7, 11) is -3.49. The van der Waals surface area contributed by atoms with Crippen LogP contribution in [0.25, 0.3) is 0 Å². The number of hydrogen-bond donors (Lipinski definition) is 1. The van der Waals surface area contributed by atoms with Gasteiger partial charge >= 0.3 is 6.09 Å². The number of carboxylic acid groups (broad SMARTS) is 1. The van der Waals surface area contributed by atoms with Crippen LogP contribution in [0.3, 0.4) is 0 Å². The number of nitrogens with zero attached hydrogens (tertiary/aromatic N) is 3. The fourth-order valence-electron chi connectivity index (χ4n) is 2.02. The van der Waals surface area contributed by atoms with Gasteiger partial charge in [0.25, 0.3) is 10.0 Å². The normalized spacial score (nSPS) is 15.6. The van der Waals surface area contributed by atoms with Crippen molar-refractivity contribution in [3.63, 3.8) is 0 Å². The highest BCUT2D eigenvalue weighted by molar-refractivity contribution is 7.89. The highest BCUT2D eigenvalue weighted by Gasteiger charge is 2.30. The maximum atomic E-state index is 12.1. The first kappa shape index (κ1) is 13.9. The lowest BCUT2D eigenvalue weighted by Crippen LogP contribution is -2.28. The molecule has 106 valence electrons. The SMILES string of the molecule is CC(C)(C)CS(=O)(=O)n1cc2c(n1)CN(C(=O)O)C2. The van der Waals surface area contributed by atoms with Crippen LogP contribution in [0.15, 0.2) is 6.20 Å². The molecule has 0 unspecified atom stereocenters. The summed E-state index contributed by atoms with van der Waals surface area (Å²) in [6.45, 7) is 5.86. The van der Waals surface area contributed by atoms with E-state index in [1.165, 1.54) is 11.1 Å². The van der Waals surface area contributed by atoms with Crippen LogP contribution in [0, 0.1) is 5.41 Å². The first-order valence-corrected chi connectivity index (χ1v) is 7.48. The zero-order valence-corrected chi connectivity index (χ0v) is 11.9. The van der Waals surface area contributed by atoms with Crippen LogP contribution in [0.2, 0.25) is 0 Å². The van der Waals surface area contributed by atoms with Gasteiger partial charge in [0.1, 0.15) is 0 Å². The summed E-state index contributed by atoms with van der Waals surface area (Å²) in [5.41, 5.74) is 0.808. The molecule has 0 radical (unpaired) electrons. The Balaban J connectivity index is 2.23. The molecule has 7 nitrogen and oxygen atoms in total. The Morgan fingerprint density at radius 2 is 2.05 bits per heavy atom. The average Bonchev–Trinajstić information content (AvgIpc) is 2.68. The van der Waals surface area contributed by atoms with E-state index in [4.69, 9.17) is 5.11 Å². The molecule has 0 aliphatic carbocycles. The molecular weight excluding hydrogens is 270 g/mol. The Morgan fingerprint density at radius 1 is 1.42 bits per heavy atom. The predicted octanol–water partition coefficient (Wildman–Crippen LogP) is 1.10. The van der Waals surface area contributed by atoms with Crippen molar-refractivity contribution in [2.75, 3.05) is 5.75 Å². The van der Waals surface area contributed by atoms with Crippen molar-refractivity contribution < 1.29 is 18.3 Å². The van der Waals surface area contributed by atoms with Crippen LogP contribution < -0.4 is 0 Å². The largest absolute Gasteiger partial charge is 0.465 e. The predicted molar refractivity (Wildman–Crippen MR) is 68.1 cm³/mol. The van der Waals surface area contributed by atoms with Crippen molar-refractivity contribution in [2.45, 2.75) is 33.9 Å². The molecule has 0 fully saturated rings. The van der Waals surface area contributed by atoms with E-state index in [9.17, 15) is 13.2 Å². The van der Waals surface area contributed by atoms with Gasteiger partial charge in [0.2, 0.25) is 0 Å². The monoisotopic (exact) mass is 287 g/mol. The lowest BCUT2D eigenvalue weighted by Gasteiger charge is -2.18. The maximum Gasteiger partial charge on any atom is 0.407 e. The fourth-order valence-corrected chi connectivity index (χ4v) is 3.76. The van der Waals surface area contributed by atoms with Gasteiger partial charge in [-0.05, 0) is 5.41 Å². The lowest BCUT2D eigenvalue weighted by molar-refractivity contribution is 0.144. The molecule has 0 spiro atoms. The minimum Gasteiger partial charge on any atom is -0.465 e. The second-order valence-corrected chi connectivity index (χ2v) is 7.76. The highest BCUT2D eigenvalue weighted by atomic mass is 32.2. The van der Waals surface area contributed by atoms with Gasteiger partial charge in [-0.25, -0.2) is 13.2 Å². The molecule has 19 heavy (non-hydrogen) atoms. The Hall–Kier alpha value is -1.57. The first-order valence-electron chi connectivity index (χ1n) is 5.87. The number of rotatable bonds is 2. The summed E-state index contributed by atoms with van der Waals surface area (Å²) in [6.07, 6.45) is 0.390. The standard InChI is InChI=1S/C11H17N3O4S/c1-11(2,3)7-19(17,18)14-5-8-4-13(10(15)16)6-9(8)12-14/h5H,4,6-7H2,1-3H3,(H,15,16). The molecule has 0 saturated heterocycles. The molecule has 2 rings (SSSR count). The van der Waals surface area contributed by atoms with Gasteiger partial charge in [0.15, 0.2) is 0 Å². The molecule has 0 saturated carbocycles. The third kappa shape index (κ3) is 2.89. The van der Waals surface area contributed by atoms with E-state index in [-0.39, 0.29) is 24.3 Å².